The van der Waals surface area contributed by atoms with E-state index in [0.29, 0.717) is 0 Å². The lowest BCUT2D eigenvalue weighted by molar-refractivity contribution is 0.0973. The van der Waals surface area contributed by atoms with Crippen molar-refractivity contribution in [3.63, 3.8) is 0 Å². The van der Waals surface area contributed by atoms with Crippen molar-refractivity contribution in [1.29, 1.82) is 0 Å². The molecule has 15 heteroatoms. The number of nitrogens with zero attached hydrogens (tertiary/aromatic N) is 7. The number of hydrazone groups is 1. The first kappa shape index (κ1) is 23.5. The van der Waals surface area contributed by atoms with E-state index in [-0.39, 0.29) is 35.8 Å². The first-order valence-electron chi connectivity index (χ1n) is 8.36. The highest BCUT2D eigenvalue weighted by molar-refractivity contribution is 9.25. The van der Waals surface area contributed by atoms with Crippen LogP contribution in [0, 0.1) is 0 Å². The summed E-state index contributed by atoms with van der Waals surface area (Å²) in [5.74, 6) is 4.52. The summed E-state index contributed by atoms with van der Waals surface area (Å²) >= 11 is 6.46. The summed E-state index contributed by atoms with van der Waals surface area (Å²) in [4.78, 5) is 45.5. The number of hydrogen-bond acceptors (Lipinski definition) is 12. The number of carbonyl (C=O) groups is 1. The molecule has 0 fully saturated rings. The number of isocyanates is 1. The number of nitrogens with two attached hydrogens (primary N) is 3. The van der Waals surface area contributed by atoms with Crippen molar-refractivity contribution in [2.45, 2.75) is 28.9 Å². The van der Waals surface area contributed by atoms with Crippen molar-refractivity contribution < 1.29 is 9.59 Å². The van der Waals surface area contributed by atoms with Gasteiger partial charge in [-0.25, -0.2) is 24.7 Å². The molecular formula is C15H19Br2N11O2. The quantitative estimate of drug-likeness (QED) is 0.0698. The third-order valence-electron chi connectivity index (χ3n) is 3.88. The summed E-state index contributed by atoms with van der Waals surface area (Å²) in [6.45, 7) is 3.60. The smallest absolute Gasteiger partial charge is 0.278 e. The van der Waals surface area contributed by atoms with Gasteiger partial charge in [-0.3, -0.25) is 10.5 Å². The molecule has 0 saturated heterocycles. The molecule has 0 saturated carbocycles. The van der Waals surface area contributed by atoms with Crippen LogP contribution in [-0.2, 0) is 4.79 Å². The number of alkyl halides is 2. The highest BCUT2D eigenvalue weighted by atomic mass is 79.9. The van der Waals surface area contributed by atoms with Crippen LogP contribution < -0.4 is 27.5 Å². The van der Waals surface area contributed by atoms with Crippen LogP contribution in [0.4, 0.5) is 5.82 Å². The van der Waals surface area contributed by atoms with Crippen molar-refractivity contribution in [3.8, 4) is 0 Å². The lowest BCUT2D eigenvalue weighted by Gasteiger charge is -2.38. The number of amidine groups is 2. The van der Waals surface area contributed by atoms with Gasteiger partial charge in [-0.15, -0.1) is 4.99 Å². The maximum Gasteiger partial charge on any atom is 0.278 e. The minimum atomic E-state index is -1.64. The number of nitrogens with one attached hydrogen (secondary N) is 1. The normalized spacial score (nSPS) is 20.3. The Kier molecular flexibility index (Phi) is 7.36. The zero-order valence-electron chi connectivity index (χ0n) is 16.0. The van der Waals surface area contributed by atoms with E-state index in [2.05, 4.69) is 67.2 Å². The van der Waals surface area contributed by atoms with Crippen molar-refractivity contribution in [2.75, 3.05) is 11.4 Å². The van der Waals surface area contributed by atoms with Gasteiger partial charge in [0.2, 0.25) is 9.44 Å². The summed E-state index contributed by atoms with van der Waals surface area (Å²) in [6.07, 6.45) is 5.21. The fourth-order valence-corrected chi connectivity index (χ4v) is 3.03. The molecule has 30 heavy (non-hydrogen) atoms. The molecule has 1 unspecified atom stereocenters. The number of amides is 1. The molecule has 1 amide bonds. The molecule has 1 aliphatic heterocycles. The van der Waals surface area contributed by atoms with Gasteiger partial charge in [-0.2, -0.15) is 5.10 Å². The second-order valence-electron chi connectivity index (χ2n) is 6.30. The Balaban J connectivity index is 2.53. The average molecular weight is 545 g/mol. The van der Waals surface area contributed by atoms with Gasteiger partial charge in [0.15, 0.2) is 23.0 Å². The zero-order valence-corrected chi connectivity index (χ0v) is 19.1. The fourth-order valence-electron chi connectivity index (χ4n) is 2.52. The molecule has 1 aliphatic rings. The number of carbonyl (C=O) groups excluding carboxylic acids is 2. The van der Waals surface area contributed by atoms with E-state index in [1.807, 2.05) is 13.8 Å². The number of anilines is 1. The molecule has 13 nitrogen and oxygen atoms in total. The molecule has 160 valence electrons. The monoisotopic (exact) mass is 543 g/mol. The lowest BCUT2D eigenvalue weighted by Crippen LogP contribution is -2.60. The van der Waals surface area contributed by atoms with Gasteiger partial charge in [-0.05, 0) is 45.7 Å². The molecule has 2 rings (SSSR count). The summed E-state index contributed by atoms with van der Waals surface area (Å²) in [5, 5.41) is 5.60. The van der Waals surface area contributed by atoms with Crippen LogP contribution in [0.2, 0.25) is 0 Å². The predicted octanol–water partition coefficient (Wildman–Crippen LogP) is -0.473. The maximum absolute atomic E-state index is 12.5. The highest BCUT2D eigenvalue weighted by Crippen LogP contribution is 2.34. The van der Waals surface area contributed by atoms with Crippen molar-refractivity contribution in [1.82, 2.24) is 15.3 Å². The summed E-state index contributed by atoms with van der Waals surface area (Å²) < 4.78 is -1.26. The molecule has 0 radical (unpaired) electrons. The molecule has 0 bridgehead atoms. The van der Waals surface area contributed by atoms with Crippen LogP contribution in [0.5, 0.6) is 0 Å². The fraction of sp³-hybridized carbons (Fsp3) is 0.400. The topological polar surface area (TPSA) is 203 Å². The van der Waals surface area contributed by atoms with Gasteiger partial charge in [-0.1, -0.05) is 0 Å². The summed E-state index contributed by atoms with van der Waals surface area (Å²) in [6, 6.07) is -0.227. The first-order chi connectivity index (χ1) is 14.1. The van der Waals surface area contributed by atoms with E-state index in [1.54, 1.807) is 4.90 Å². The Morgan fingerprint density at radius 1 is 1.37 bits per heavy atom. The molecule has 0 spiro atoms. The Morgan fingerprint density at radius 2 is 2.03 bits per heavy atom. The molecule has 1 aromatic rings. The van der Waals surface area contributed by atoms with Crippen LogP contribution in [0.1, 0.15) is 24.3 Å². The number of rotatable bonds is 6. The van der Waals surface area contributed by atoms with Gasteiger partial charge in [0.1, 0.15) is 12.2 Å². The molecule has 1 aromatic heterocycles. The zero-order chi connectivity index (χ0) is 22.5. The van der Waals surface area contributed by atoms with Crippen LogP contribution in [0.25, 0.3) is 0 Å². The van der Waals surface area contributed by atoms with Gasteiger partial charge >= 0.3 is 0 Å². The van der Waals surface area contributed by atoms with Crippen LogP contribution in [-0.4, -0.2) is 61.6 Å². The van der Waals surface area contributed by atoms with Crippen molar-refractivity contribution in [3.05, 3.63) is 18.1 Å². The Hall–Kier alpha value is -2.74. The SMILES string of the molecule is CC(C)N(CC1(N)N=C(N)C(Br)(Br)N=C1N=C=O)c1nccnc1C(=O)NC=NN. The van der Waals surface area contributed by atoms with E-state index in [0.717, 1.165) is 6.34 Å². The van der Waals surface area contributed by atoms with E-state index in [1.165, 1.54) is 18.5 Å². The van der Waals surface area contributed by atoms with Gasteiger partial charge < -0.3 is 21.8 Å². The van der Waals surface area contributed by atoms with Gasteiger partial charge in [0, 0.05) is 18.4 Å². The maximum atomic E-state index is 12.5. The number of aliphatic imine (C=N–C) groups is 3. The molecule has 2 heterocycles. The first-order valence-corrected chi connectivity index (χ1v) is 9.95. The van der Waals surface area contributed by atoms with E-state index < -0.39 is 14.9 Å². The molecule has 0 aliphatic carbocycles. The molecular weight excluding hydrogens is 526 g/mol. The van der Waals surface area contributed by atoms with Crippen molar-refractivity contribution >= 4 is 67.7 Å². The second-order valence-corrected chi connectivity index (χ2v) is 9.66. The van der Waals surface area contributed by atoms with Crippen LogP contribution >= 0.6 is 31.9 Å². The third-order valence-corrected chi connectivity index (χ3v) is 5.05. The number of hydrogen-bond donors (Lipinski definition) is 4. The van der Waals surface area contributed by atoms with Gasteiger partial charge in [0.25, 0.3) is 5.91 Å². The van der Waals surface area contributed by atoms with Crippen molar-refractivity contribution in [2.24, 2.45) is 37.4 Å². The average Bonchev–Trinajstić information content (AvgIpc) is 2.68. The van der Waals surface area contributed by atoms with Crippen LogP contribution in [0.3, 0.4) is 0 Å². The van der Waals surface area contributed by atoms with Crippen LogP contribution in [0.15, 0.2) is 32.5 Å². The predicted molar refractivity (Wildman–Crippen MR) is 119 cm³/mol. The second kappa shape index (κ2) is 9.38. The standard InChI is InChI=1S/C15H19Br2N11O2/c1-8(2)28(10-9(21-3-4-22-10)11(30)23-6-25-20)5-14(19)13(24-7-29)27-15(16,17)12(18)26-14/h3-4,6,8H,5,19-20H2,1-2H3,(H2,18,26)(H,23,25,30). The Labute approximate surface area is 188 Å². The number of halogens is 2. The highest BCUT2D eigenvalue weighted by Gasteiger charge is 2.44. The minimum Gasteiger partial charge on any atom is -0.384 e. The molecule has 1 atom stereocenters. The largest absolute Gasteiger partial charge is 0.384 e. The van der Waals surface area contributed by atoms with E-state index in [9.17, 15) is 9.59 Å². The van der Waals surface area contributed by atoms with Gasteiger partial charge in [0.05, 0.1) is 6.54 Å². The number of aromatic nitrogens is 2. The van der Waals surface area contributed by atoms with E-state index >= 15 is 0 Å². The molecule has 0 aromatic carbocycles. The third kappa shape index (κ3) is 5.05. The summed E-state index contributed by atoms with van der Waals surface area (Å²) in [5.41, 5.74) is 10.8. The minimum absolute atomic E-state index is 0.00447. The molecule has 7 N–H and O–H groups in total. The summed E-state index contributed by atoms with van der Waals surface area (Å²) in [7, 11) is 0. The lowest BCUT2D eigenvalue weighted by atomic mass is 10.1. The Bertz CT molecular complexity index is 956. The van der Waals surface area contributed by atoms with E-state index in [4.69, 9.17) is 17.3 Å². The Morgan fingerprint density at radius 3 is 2.63 bits per heavy atom.